The third-order valence-electron chi connectivity index (χ3n) is 6.30. The average molecular weight is 417 g/mol. The minimum atomic E-state index is -0.331. The molecule has 1 saturated heterocycles. The first-order chi connectivity index (χ1) is 15.2. The topological polar surface area (TPSA) is 68.4 Å². The summed E-state index contributed by atoms with van der Waals surface area (Å²) in [5.41, 5.74) is 2.72. The van der Waals surface area contributed by atoms with Crippen molar-refractivity contribution in [3.05, 3.63) is 71.9 Å². The zero-order chi connectivity index (χ0) is 21.2. The molecule has 0 radical (unpaired) electrons. The van der Waals surface area contributed by atoms with E-state index in [1.165, 1.54) is 0 Å². The number of carbonyl (C=O) groups is 2. The van der Waals surface area contributed by atoms with Crippen LogP contribution < -0.4 is 5.32 Å². The lowest BCUT2D eigenvalue weighted by atomic mass is 9.95. The quantitative estimate of drug-likeness (QED) is 0.581. The largest absolute Gasteiger partial charge is 0.360 e. The van der Waals surface area contributed by atoms with Gasteiger partial charge in [-0.05, 0) is 24.5 Å². The predicted molar refractivity (Wildman–Crippen MR) is 121 cm³/mol. The molecule has 1 aromatic heterocycles. The summed E-state index contributed by atoms with van der Waals surface area (Å²) in [5.74, 6) is 0.231. The van der Waals surface area contributed by atoms with Crippen LogP contribution in [0.15, 0.2) is 60.8 Å². The lowest BCUT2D eigenvalue weighted by Crippen LogP contribution is -2.51. The smallest absolute Gasteiger partial charge is 0.234 e. The predicted octanol–water partition coefficient (Wildman–Crippen LogP) is 2.99. The molecule has 5 rings (SSSR count). The van der Waals surface area contributed by atoms with Gasteiger partial charge in [0.15, 0.2) is 5.78 Å². The van der Waals surface area contributed by atoms with Crippen molar-refractivity contribution in [1.82, 2.24) is 20.1 Å². The Morgan fingerprint density at radius 3 is 2.42 bits per heavy atom. The number of fused-ring (bicyclic) bond motifs is 1. The molecule has 0 bridgehead atoms. The first-order valence-corrected chi connectivity index (χ1v) is 11.1. The van der Waals surface area contributed by atoms with E-state index in [-0.39, 0.29) is 17.7 Å². The van der Waals surface area contributed by atoms with Crippen LogP contribution in [0.25, 0.3) is 10.9 Å². The highest BCUT2D eigenvalue weighted by atomic mass is 16.2. The number of nitrogens with one attached hydrogen (secondary N) is 2. The Morgan fingerprint density at radius 1 is 0.968 bits per heavy atom. The number of para-hydroxylation sites is 1. The van der Waals surface area contributed by atoms with Gasteiger partial charge in [0.2, 0.25) is 5.91 Å². The van der Waals surface area contributed by atoms with Crippen molar-refractivity contribution in [1.29, 1.82) is 0 Å². The molecule has 2 N–H and O–H groups in total. The number of carbonyl (C=O) groups excluding carboxylic acids is 2. The maximum Gasteiger partial charge on any atom is 0.234 e. The van der Waals surface area contributed by atoms with Crippen LogP contribution in [0.2, 0.25) is 0 Å². The molecule has 160 valence electrons. The van der Waals surface area contributed by atoms with Gasteiger partial charge in [-0.25, -0.2) is 0 Å². The Hall–Kier alpha value is -2.96. The van der Waals surface area contributed by atoms with Gasteiger partial charge in [0.25, 0.3) is 0 Å². The van der Waals surface area contributed by atoms with Crippen LogP contribution in [-0.2, 0) is 4.79 Å². The van der Waals surface area contributed by atoms with Gasteiger partial charge in [-0.15, -0.1) is 0 Å². The number of hydrogen-bond donors (Lipinski definition) is 2. The van der Waals surface area contributed by atoms with Crippen LogP contribution in [0.5, 0.6) is 0 Å². The van der Waals surface area contributed by atoms with Crippen molar-refractivity contribution in [2.75, 3.05) is 32.7 Å². The van der Waals surface area contributed by atoms with Crippen LogP contribution in [0.1, 0.15) is 34.8 Å². The van der Waals surface area contributed by atoms with E-state index in [2.05, 4.69) is 20.1 Å². The van der Waals surface area contributed by atoms with Gasteiger partial charge in [-0.1, -0.05) is 48.5 Å². The summed E-state index contributed by atoms with van der Waals surface area (Å²) in [5, 5.41) is 4.02. The Bertz CT molecular complexity index is 1070. The van der Waals surface area contributed by atoms with E-state index in [0.717, 1.165) is 61.1 Å². The van der Waals surface area contributed by atoms with Crippen molar-refractivity contribution in [2.45, 2.75) is 24.9 Å². The molecule has 1 aliphatic heterocycles. The molecule has 1 atom stereocenters. The number of Topliss-reactive ketones (excluding diaryl/α,β-unsaturated/α-hetero) is 1. The molecule has 1 unspecified atom stereocenters. The van der Waals surface area contributed by atoms with E-state index in [4.69, 9.17) is 0 Å². The van der Waals surface area contributed by atoms with E-state index < -0.39 is 0 Å². The second-order valence-corrected chi connectivity index (χ2v) is 8.58. The number of amides is 1. The molecule has 2 heterocycles. The van der Waals surface area contributed by atoms with Crippen LogP contribution in [0.3, 0.4) is 0 Å². The van der Waals surface area contributed by atoms with Crippen molar-refractivity contribution < 1.29 is 9.59 Å². The number of H-pyrrole nitrogens is 1. The van der Waals surface area contributed by atoms with Crippen LogP contribution in [0, 0.1) is 0 Å². The molecule has 2 fully saturated rings. The number of piperazine rings is 1. The maximum absolute atomic E-state index is 13.8. The molecule has 3 aromatic rings. The van der Waals surface area contributed by atoms with Gasteiger partial charge >= 0.3 is 0 Å². The first kappa shape index (κ1) is 20.0. The van der Waals surface area contributed by atoms with E-state index in [9.17, 15) is 9.59 Å². The summed E-state index contributed by atoms with van der Waals surface area (Å²) in [6.45, 7) is 3.51. The van der Waals surface area contributed by atoms with Crippen LogP contribution >= 0.6 is 0 Å². The van der Waals surface area contributed by atoms with Gasteiger partial charge in [-0.3, -0.25) is 19.4 Å². The maximum atomic E-state index is 13.8. The molecular weight excluding hydrogens is 388 g/mol. The average Bonchev–Trinajstić information content (AvgIpc) is 3.50. The summed E-state index contributed by atoms with van der Waals surface area (Å²) < 4.78 is 0. The zero-order valence-corrected chi connectivity index (χ0v) is 17.6. The van der Waals surface area contributed by atoms with Crippen molar-refractivity contribution in [3.63, 3.8) is 0 Å². The van der Waals surface area contributed by atoms with Crippen LogP contribution in [-0.4, -0.2) is 65.2 Å². The molecular formula is C25H28N4O2. The molecule has 6 nitrogen and oxygen atoms in total. The van der Waals surface area contributed by atoms with Crippen molar-refractivity contribution in [2.24, 2.45) is 0 Å². The number of nitrogens with zero attached hydrogens (tertiary/aromatic N) is 2. The van der Waals surface area contributed by atoms with E-state index in [0.29, 0.717) is 12.6 Å². The molecule has 31 heavy (non-hydrogen) atoms. The molecule has 0 spiro atoms. The second-order valence-electron chi connectivity index (χ2n) is 8.58. The molecule has 2 aliphatic rings. The number of ketones is 1. The van der Waals surface area contributed by atoms with Gasteiger partial charge < -0.3 is 10.3 Å². The summed E-state index contributed by atoms with van der Waals surface area (Å²) in [4.78, 5) is 33.6. The molecule has 6 heteroatoms. The Morgan fingerprint density at radius 2 is 1.68 bits per heavy atom. The third-order valence-corrected chi connectivity index (χ3v) is 6.30. The highest BCUT2D eigenvalue weighted by Crippen LogP contribution is 2.29. The SMILES string of the molecule is O=C(CN1CCN(C(C(=O)c2c[nH]c3ccccc23)c2ccccc2)CC1)NC1CC1. The molecule has 1 aliphatic carbocycles. The minimum absolute atomic E-state index is 0.114. The number of aromatic amines is 1. The van der Waals surface area contributed by atoms with Gasteiger partial charge in [0, 0.05) is 54.9 Å². The number of benzene rings is 2. The van der Waals surface area contributed by atoms with Crippen molar-refractivity contribution >= 4 is 22.6 Å². The lowest BCUT2D eigenvalue weighted by Gasteiger charge is -2.38. The van der Waals surface area contributed by atoms with E-state index >= 15 is 0 Å². The second kappa shape index (κ2) is 8.65. The standard InChI is InChI=1S/C25H28N4O2/c30-23(27-19-10-11-19)17-28-12-14-29(15-13-28)24(18-6-2-1-3-7-18)25(31)21-16-26-22-9-5-4-8-20(21)22/h1-9,16,19,24,26H,10-15,17H2,(H,27,30). The highest BCUT2D eigenvalue weighted by molar-refractivity contribution is 6.10. The zero-order valence-electron chi connectivity index (χ0n) is 17.6. The van der Waals surface area contributed by atoms with Gasteiger partial charge in [-0.2, -0.15) is 0 Å². The fourth-order valence-corrected chi connectivity index (χ4v) is 4.47. The Labute approximate surface area is 182 Å². The summed E-state index contributed by atoms with van der Waals surface area (Å²) >= 11 is 0. The lowest BCUT2D eigenvalue weighted by molar-refractivity contribution is -0.122. The molecule has 2 aromatic carbocycles. The Kier molecular flexibility index (Phi) is 5.57. The summed E-state index contributed by atoms with van der Waals surface area (Å²) in [7, 11) is 0. The number of hydrogen-bond acceptors (Lipinski definition) is 4. The highest BCUT2D eigenvalue weighted by Gasteiger charge is 2.33. The normalized spacial score (nSPS) is 18.7. The summed E-state index contributed by atoms with van der Waals surface area (Å²) in [6, 6.07) is 18.0. The monoisotopic (exact) mass is 416 g/mol. The molecule has 1 saturated carbocycles. The van der Waals surface area contributed by atoms with E-state index in [1.807, 2.05) is 60.8 Å². The van der Waals surface area contributed by atoms with Gasteiger partial charge in [0.1, 0.15) is 0 Å². The number of aromatic nitrogens is 1. The summed E-state index contributed by atoms with van der Waals surface area (Å²) in [6.07, 6.45) is 4.05. The van der Waals surface area contributed by atoms with Crippen molar-refractivity contribution in [3.8, 4) is 0 Å². The molecule has 1 amide bonds. The Balaban J connectivity index is 1.34. The van der Waals surface area contributed by atoms with Gasteiger partial charge in [0.05, 0.1) is 12.6 Å². The van der Waals surface area contributed by atoms with E-state index in [1.54, 1.807) is 0 Å². The fraction of sp³-hybridized carbons (Fsp3) is 0.360. The minimum Gasteiger partial charge on any atom is -0.360 e. The van der Waals surface area contributed by atoms with Crippen LogP contribution in [0.4, 0.5) is 0 Å². The number of rotatable bonds is 7. The third kappa shape index (κ3) is 4.40. The fourth-order valence-electron chi connectivity index (χ4n) is 4.47. The first-order valence-electron chi connectivity index (χ1n) is 11.1.